The summed E-state index contributed by atoms with van der Waals surface area (Å²) >= 11 is 5.75. The van der Waals surface area contributed by atoms with Gasteiger partial charge >= 0.3 is 0 Å². The number of hydrogen-bond donors (Lipinski definition) is 0. The van der Waals surface area contributed by atoms with Crippen LogP contribution in [0.25, 0.3) is 10.8 Å². The van der Waals surface area contributed by atoms with Crippen LogP contribution in [0.1, 0.15) is 61.6 Å². The van der Waals surface area contributed by atoms with Crippen LogP contribution in [0.15, 0.2) is 61.2 Å². The summed E-state index contributed by atoms with van der Waals surface area (Å²) in [7, 11) is 0. The number of allylic oxidation sites excluding steroid dienone is 1. The maximum absolute atomic E-state index is 15.1. The number of halogens is 3. The molecule has 0 radical (unpaired) electrons. The quantitative estimate of drug-likeness (QED) is 0.275. The van der Waals surface area contributed by atoms with Gasteiger partial charge in [0.25, 0.3) is 0 Å². The average molecular weight is 467 g/mol. The van der Waals surface area contributed by atoms with E-state index in [1.807, 2.05) is 24.3 Å². The summed E-state index contributed by atoms with van der Waals surface area (Å²) in [4.78, 5) is 0. The van der Waals surface area contributed by atoms with Gasteiger partial charge in [0.1, 0.15) is 11.6 Å². The summed E-state index contributed by atoms with van der Waals surface area (Å²) in [6.45, 7) is 3.84. The Kier molecular flexibility index (Phi) is 8.20. The molecule has 1 fully saturated rings. The molecule has 1 aliphatic rings. The van der Waals surface area contributed by atoms with Crippen LogP contribution >= 0.6 is 11.6 Å². The van der Waals surface area contributed by atoms with Crippen LogP contribution in [0, 0.1) is 23.5 Å². The lowest BCUT2D eigenvalue weighted by Gasteiger charge is -2.28. The third-order valence-electron chi connectivity index (χ3n) is 7.35. The summed E-state index contributed by atoms with van der Waals surface area (Å²) in [6.07, 6.45) is 13.2. The van der Waals surface area contributed by atoms with E-state index in [0.29, 0.717) is 23.8 Å². The van der Waals surface area contributed by atoms with Crippen molar-refractivity contribution in [3.63, 3.8) is 0 Å². The average Bonchev–Trinajstić information content (AvgIpc) is 2.83. The number of benzene rings is 3. The molecule has 4 rings (SSSR count). The van der Waals surface area contributed by atoms with Gasteiger partial charge in [0.05, 0.1) is 5.02 Å². The SMILES string of the molecule is C=CCCC1CCC(CCc2ccc3c(F)c(CCc4ccc(Cl)c(F)c4)ccc3c2)CC1. The van der Waals surface area contributed by atoms with Gasteiger partial charge in [0.2, 0.25) is 0 Å². The molecule has 1 saturated carbocycles. The van der Waals surface area contributed by atoms with E-state index >= 15 is 4.39 Å². The van der Waals surface area contributed by atoms with Gasteiger partial charge in [-0.25, -0.2) is 8.78 Å². The van der Waals surface area contributed by atoms with Crippen molar-refractivity contribution in [1.82, 2.24) is 0 Å². The fraction of sp³-hybridized carbons (Fsp3) is 0.400. The van der Waals surface area contributed by atoms with Gasteiger partial charge in [0, 0.05) is 5.39 Å². The molecule has 0 amide bonds. The van der Waals surface area contributed by atoms with Crippen LogP contribution in [-0.2, 0) is 19.3 Å². The number of rotatable bonds is 9. The fourth-order valence-electron chi connectivity index (χ4n) is 5.24. The monoisotopic (exact) mass is 466 g/mol. The highest BCUT2D eigenvalue weighted by atomic mass is 35.5. The molecule has 0 nitrogen and oxygen atoms in total. The molecule has 3 heteroatoms. The Bertz CT molecular complexity index is 1100. The first-order valence-electron chi connectivity index (χ1n) is 12.3. The second-order valence-corrected chi connectivity index (χ2v) is 10.0. The minimum Gasteiger partial charge on any atom is -0.206 e. The van der Waals surface area contributed by atoms with Gasteiger partial charge < -0.3 is 0 Å². The van der Waals surface area contributed by atoms with Crippen LogP contribution in [0.5, 0.6) is 0 Å². The topological polar surface area (TPSA) is 0 Å². The number of aryl methyl sites for hydroxylation is 3. The molecule has 0 N–H and O–H groups in total. The molecule has 0 saturated heterocycles. The second kappa shape index (κ2) is 11.3. The highest BCUT2D eigenvalue weighted by Crippen LogP contribution is 2.34. The van der Waals surface area contributed by atoms with Crippen molar-refractivity contribution in [2.75, 3.05) is 0 Å². The summed E-state index contributed by atoms with van der Waals surface area (Å²) < 4.78 is 28.8. The molecule has 0 aliphatic heterocycles. The van der Waals surface area contributed by atoms with Crippen molar-refractivity contribution >= 4 is 22.4 Å². The van der Waals surface area contributed by atoms with E-state index in [0.717, 1.165) is 35.6 Å². The van der Waals surface area contributed by atoms with Gasteiger partial charge in [-0.05, 0) is 84.6 Å². The Hall–Kier alpha value is -2.19. The van der Waals surface area contributed by atoms with Gasteiger partial charge in [-0.1, -0.05) is 79.8 Å². The zero-order chi connectivity index (χ0) is 23.2. The van der Waals surface area contributed by atoms with E-state index < -0.39 is 5.82 Å². The summed E-state index contributed by atoms with van der Waals surface area (Å²) in [5, 5.41) is 1.74. The largest absolute Gasteiger partial charge is 0.206 e. The van der Waals surface area contributed by atoms with Crippen molar-refractivity contribution in [3.05, 3.63) is 94.5 Å². The Morgan fingerprint density at radius 3 is 2.24 bits per heavy atom. The molecule has 0 spiro atoms. The first-order chi connectivity index (χ1) is 16.0. The first-order valence-corrected chi connectivity index (χ1v) is 12.7. The summed E-state index contributed by atoms with van der Waals surface area (Å²) in [5.74, 6) is 1.11. The zero-order valence-corrected chi connectivity index (χ0v) is 20.0. The lowest BCUT2D eigenvalue weighted by molar-refractivity contribution is 0.254. The molecule has 3 aromatic carbocycles. The van der Waals surface area contributed by atoms with Crippen molar-refractivity contribution in [3.8, 4) is 0 Å². The van der Waals surface area contributed by atoms with Crippen molar-refractivity contribution < 1.29 is 8.78 Å². The highest BCUT2D eigenvalue weighted by Gasteiger charge is 2.20. The molecule has 33 heavy (non-hydrogen) atoms. The minimum absolute atomic E-state index is 0.114. The maximum Gasteiger partial charge on any atom is 0.142 e. The zero-order valence-electron chi connectivity index (χ0n) is 19.3. The molecule has 174 valence electrons. The number of fused-ring (bicyclic) bond motifs is 1. The fourth-order valence-corrected chi connectivity index (χ4v) is 5.36. The van der Waals surface area contributed by atoms with Crippen LogP contribution in [0.2, 0.25) is 5.02 Å². The Labute approximate surface area is 201 Å². The van der Waals surface area contributed by atoms with E-state index in [-0.39, 0.29) is 10.8 Å². The van der Waals surface area contributed by atoms with Crippen molar-refractivity contribution in [1.29, 1.82) is 0 Å². The number of hydrogen-bond acceptors (Lipinski definition) is 0. The molecule has 1 aliphatic carbocycles. The normalized spacial score (nSPS) is 18.5. The lowest BCUT2D eigenvalue weighted by Crippen LogP contribution is -2.15. The molecular weight excluding hydrogens is 434 g/mol. The minimum atomic E-state index is -0.429. The third kappa shape index (κ3) is 6.23. The van der Waals surface area contributed by atoms with E-state index in [1.54, 1.807) is 12.1 Å². The summed E-state index contributed by atoms with van der Waals surface area (Å²) in [5.41, 5.74) is 2.78. The standard InChI is InChI=1S/C30H33ClF2/c1-2-3-4-21-5-7-22(8-6-21)9-10-23-12-17-27-26(19-23)16-15-25(30(27)33)14-11-24-13-18-28(31)29(32)20-24/h2,12-13,15-22H,1,3-11,14H2. The van der Waals surface area contributed by atoms with Crippen LogP contribution in [0.4, 0.5) is 8.78 Å². The molecular formula is C30H33ClF2. The van der Waals surface area contributed by atoms with Crippen LogP contribution in [-0.4, -0.2) is 0 Å². The van der Waals surface area contributed by atoms with E-state index in [1.165, 1.54) is 50.2 Å². The van der Waals surface area contributed by atoms with Gasteiger partial charge in [0.15, 0.2) is 0 Å². The first kappa shape index (κ1) is 24.0. The maximum atomic E-state index is 15.1. The van der Waals surface area contributed by atoms with E-state index in [2.05, 4.69) is 18.7 Å². The second-order valence-electron chi connectivity index (χ2n) is 9.63. The highest BCUT2D eigenvalue weighted by molar-refractivity contribution is 6.30. The Morgan fingerprint density at radius 2 is 1.52 bits per heavy atom. The van der Waals surface area contributed by atoms with E-state index in [9.17, 15) is 4.39 Å². The molecule has 0 bridgehead atoms. The van der Waals surface area contributed by atoms with Crippen LogP contribution in [0.3, 0.4) is 0 Å². The molecule has 0 atom stereocenters. The predicted molar refractivity (Wildman–Crippen MR) is 136 cm³/mol. The van der Waals surface area contributed by atoms with Crippen molar-refractivity contribution in [2.45, 2.75) is 64.2 Å². The molecule has 0 unspecified atom stereocenters. The van der Waals surface area contributed by atoms with Crippen LogP contribution < -0.4 is 0 Å². The smallest absolute Gasteiger partial charge is 0.142 e. The predicted octanol–water partition coefficient (Wildman–Crippen LogP) is 9.26. The Morgan fingerprint density at radius 1 is 0.818 bits per heavy atom. The van der Waals surface area contributed by atoms with Crippen molar-refractivity contribution in [2.24, 2.45) is 11.8 Å². The molecule has 3 aromatic rings. The third-order valence-corrected chi connectivity index (χ3v) is 7.66. The molecule has 0 aromatic heterocycles. The van der Waals surface area contributed by atoms with Gasteiger partial charge in [-0.15, -0.1) is 6.58 Å². The van der Waals surface area contributed by atoms with E-state index in [4.69, 9.17) is 11.6 Å². The molecule has 0 heterocycles. The Balaban J connectivity index is 1.34. The van der Waals surface area contributed by atoms with Gasteiger partial charge in [-0.3, -0.25) is 0 Å². The van der Waals surface area contributed by atoms with Gasteiger partial charge in [-0.2, -0.15) is 0 Å². The lowest BCUT2D eigenvalue weighted by atomic mass is 9.78. The summed E-state index contributed by atoms with van der Waals surface area (Å²) in [6, 6.07) is 14.8.